The molecule has 0 aliphatic carbocycles. The van der Waals surface area contributed by atoms with Crippen molar-refractivity contribution in [2.24, 2.45) is 14.1 Å². The molecule has 0 spiro atoms. The third-order valence-electron chi connectivity index (χ3n) is 4.12. The van der Waals surface area contributed by atoms with Crippen LogP contribution in [0.2, 0.25) is 0 Å². The van der Waals surface area contributed by atoms with E-state index in [-0.39, 0.29) is 0 Å². The van der Waals surface area contributed by atoms with Crippen LogP contribution in [0.15, 0.2) is 37.4 Å². The van der Waals surface area contributed by atoms with Gasteiger partial charge >= 0.3 is 0 Å². The Hall–Kier alpha value is -1.78. The second-order valence-corrected chi connectivity index (χ2v) is 6.70. The lowest BCUT2D eigenvalue weighted by molar-refractivity contribution is -0.671. The van der Waals surface area contributed by atoms with Crippen LogP contribution in [0, 0.1) is 0 Å². The fourth-order valence-electron chi connectivity index (χ4n) is 2.59. The minimum Gasteiger partial charge on any atom is -0.377 e. The van der Waals surface area contributed by atoms with Crippen molar-refractivity contribution in [3.8, 4) is 0 Å². The van der Waals surface area contributed by atoms with Crippen molar-refractivity contribution in [3.05, 3.63) is 37.4 Å². The maximum absolute atomic E-state index is 5.54. The number of nitrogens with zero attached hydrogens (tertiary/aromatic N) is 4. The summed E-state index contributed by atoms with van der Waals surface area (Å²) in [7, 11) is 4.00. The minimum absolute atomic E-state index is 0.564. The molecule has 0 amide bonds. The molecule has 0 aliphatic heterocycles. The summed E-state index contributed by atoms with van der Waals surface area (Å²) in [5, 5.41) is 0. The number of ether oxygens (including phenoxy) is 5. The predicted molar refractivity (Wildman–Crippen MR) is 105 cm³/mol. The molecule has 9 nitrogen and oxygen atoms in total. The van der Waals surface area contributed by atoms with E-state index in [1.54, 1.807) is 0 Å². The van der Waals surface area contributed by atoms with Gasteiger partial charge in [-0.15, -0.1) is 0 Å². The third-order valence-corrected chi connectivity index (χ3v) is 4.12. The van der Waals surface area contributed by atoms with Gasteiger partial charge < -0.3 is 23.7 Å². The molecule has 0 unspecified atom stereocenters. The zero-order valence-corrected chi connectivity index (χ0v) is 17.8. The van der Waals surface area contributed by atoms with Crippen LogP contribution in [0.4, 0.5) is 0 Å². The summed E-state index contributed by atoms with van der Waals surface area (Å²) in [5.41, 5.74) is 0. The maximum Gasteiger partial charge on any atom is 0.243 e. The van der Waals surface area contributed by atoms with Gasteiger partial charge in [0, 0.05) is 0 Å². The molecule has 164 valence electrons. The number of hydrogen-bond acceptors (Lipinski definition) is 5. The molecule has 2 rings (SSSR count). The van der Waals surface area contributed by atoms with E-state index >= 15 is 0 Å². The van der Waals surface area contributed by atoms with E-state index in [2.05, 4.69) is 9.13 Å². The molecular weight excluding hydrogens is 376 g/mol. The minimum atomic E-state index is 0.564. The smallest absolute Gasteiger partial charge is 0.243 e. The highest BCUT2D eigenvalue weighted by atomic mass is 16.6. The van der Waals surface area contributed by atoms with E-state index in [9.17, 15) is 0 Å². The zero-order chi connectivity index (χ0) is 20.6. The first-order valence-electron chi connectivity index (χ1n) is 10.1. The molecule has 0 aliphatic rings. The Kier molecular flexibility index (Phi) is 12.2. The molecule has 0 fully saturated rings. The van der Waals surface area contributed by atoms with Gasteiger partial charge in [-0.2, -0.15) is 0 Å². The Balaban J connectivity index is 1.23. The molecule has 2 heterocycles. The molecular formula is C20H36N4O5+2. The largest absolute Gasteiger partial charge is 0.377 e. The van der Waals surface area contributed by atoms with Gasteiger partial charge in [0.05, 0.1) is 80.2 Å². The number of aromatic nitrogens is 4. The second-order valence-electron chi connectivity index (χ2n) is 6.70. The first-order valence-corrected chi connectivity index (χ1v) is 10.1. The average molecular weight is 413 g/mol. The van der Waals surface area contributed by atoms with Gasteiger partial charge in [-0.1, -0.05) is 0 Å². The van der Waals surface area contributed by atoms with Gasteiger partial charge in [0.15, 0.2) is 0 Å². The lowest BCUT2D eigenvalue weighted by Gasteiger charge is -2.07. The molecule has 0 N–H and O–H groups in total. The quantitative estimate of drug-likeness (QED) is 0.249. The van der Waals surface area contributed by atoms with Crippen LogP contribution in [0.25, 0.3) is 0 Å². The van der Waals surface area contributed by atoms with E-state index in [4.69, 9.17) is 23.7 Å². The van der Waals surface area contributed by atoms with Crippen LogP contribution in [-0.2, 0) is 50.9 Å². The molecule has 0 radical (unpaired) electrons. The predicted octanol–water partition coefficient (Wildman–Crippen LogP) is -0.278. The van der Waals surface area contributed by atoms with Crippen molar-refractivity contribution in [3.63, 3.8) is 0 Å². The lowest BCUT2D eigenvalue weighted by Crippen LogP contribution is -2.24. The Morgan fingerprint density at radius 2 is 0.828 bits per heavy atom. The molecule has 29 heavy (non-hydrogen) atoms. The highest BCUT2D eigenvalue weighted by Crippen LogP contribution is 1.88. The van der Waals surface area contributed by atoms with Crippen LogP contribution in [-0.4, -0.2) is 75.2 Å². The summed E-state index contributed by atoms with van der Waals surface area (Å²) in [6.45, 7) is 7.67. The molecule has 0 bridgehead atoms. The van der Waals surface area contributed by atoms with E-state index in [0.29, 0.717) is 66.1 Å². The normalized spacial score (nSPS) is 11.4. The molecule has 0 aromatic carbocycles. The van der Waals surface area contributed by atoms with Gasteiger partial charge in [-0.3, -0.25) is 0 Å². The van der Waals surface area contributed by atoms with Crippen molar-refractivity contribution < 1.29 is 32.8 Å². The summed E-state index contributed by atoms with van der Waals surface area (Å²) in [4.78, 5) is 0. The Morgan fingerprint density at radius 1 is 0.517 bits per heavy atom. The molecule has 0 atom stereocenters. The van der Waals surface area contributed by atoms with Crippen LogP contribution < -0.4 is 9.13 Å². The van der Waals surface area contributed by atoms with Crippen molar-refractivity contribution in [2.75, 3.05) is 66.1 Å². The third kappa shape index (κ3) is 11.7. The zero-order valence-electron chi connectivity index (χ0n) is 17.8. The van der Waals surface area contributed by atoms with Gasteiger partial charge in [0.1, 0.15) is 37.9 Å². The molecule has 9 heteroatoms. The Labute approximate surface area is 173 Å². The average Bonchev–Trinajstić information content (AvgIpc) is 3.32. The summed E-state index contributed by atoms with van der Waals surface area (Å²) in [6, 6.07) is 0. The Bertz CT molecular complexity index is 592. The topological polar surface area (TPSA) is 63.8 Å². The lowest BCUT2D eigenvalue weighted by atomic mass is 10.6. The fourth-order valence-corrected chi connectivity index (χ4v) is 2.59. The summed E-state index contributed by atoms with van der Waals surface area (Å²) < 4.78 is 35.7. The summed E-state index contributed by atoms with van der Waals surface area (Å²) in [6.07, 6.45) is 12.1. The highest BCUT2D eigenvalue weighted by Gasteiger charge is 2.00. The van der Waals surface area contributed by atoms with Crippen LogP contribution >= 0.6 is 0 Å². The second kappa shape index (κ2) is 15.1. The van der Waals surface area contributed by atoms with E-state index in [1.807, 2.05) is 60.7 Å². The van der Waals surface area contributed by atoms with E-state index in [1.165, 1.54) is 0 Å². The first-order chi connectivity index (χ1) is 14.2. The molecule has 2 aromatic rings. The van der Waals surface area contributed by atoms with Crippen molar-refractivity contribution in [1.29, 1.82) is 0 Å². The van der Waals surface area contributed by atoms with Crippen LogP contribution in [0.5, 0.6) is 0 Å². The van der Waals surface area contributed by atoms with Crippen LogP contribution in [0.3, 0.4) is 0 Å². The van der Waals surface area contributed by atoms with Gasteiger partial charge in [0.25, 0.3) is 0 Å². The fraction of sp³-hybridized carbons (Fsp3) is 0.700. The molecule has 0 saturated heterocycles. The number of aryl methyl sites for hydroxylation is 2. The highest BCUT2D eigenvalue weighted by molar-refractivity contribution is 4.65. The summed E-state index contributed by atoms with van der Waals surface area (Å²) in [5.74, 6) is 0. The van der Waals surface area contributed by atoms with Crippen LogP contribution in [0.1, 0.15) is 0 Å². The van der Waals surface area contributed by atoms with E-state index < -0.39 is 0 Å². The van der Waals surface area contributed by atoms with Crippen molar-refractivity contribution >= 4 is 0 Å². The van der Waals surface area contributed by atoms with Crippen molar-refractivity contribution in [2.45, 2.75) is 13.1 Å². The number of hydrogen-bond donors (Lipinski definition) is 0. The van der Waals surface area contributed by atoms with Gasteiger partial charge in [0.2, 0.25) is 12.7 Å². The Morgan fingerprint density at radius 3 is 1.10 bits per heavy atom. The number of rotatable bonds is 18. The molecule has 0 saturated carbocycles. The summed E-state index contributed by atoms with van der Waals surface area (Å²) >= 11 is 0. The monoisotopic (exact) mass is 412 g/mol. The number of imidazole rings is 2. The SMILES string of the molecule is C[n+]1ccn(CCOCCOCCOCCOCCOCCn2cc[n+](C)c2)c1. The maximum atomic E-state index is 5.54. The van der Waals surface area contributed by atoms with E-state index in [0.717, 1.165) is 13.1 Å². The van der Waals surface area contributed by atoms with Gasteiger partial charge in [-0.05, 0) is 0 Å². The molecule has 2 aromatic heterocycles. The first kappa shape index (κ1) is 23.5. The van der Waals surface area contributed by atoms with Gasteiger partial charge in [-0.25, -0.2) is 18.3 Å². The standard InChI is InChI=1S/C20H36N4O5/c1-21-3-5-23(19-21)7-9-25-11-13-27-15-17-29-18-16-28-14-12-26-10-8-24-6-4-22(2)20-24/h3-6,19-20H,7-18H2,1-2H3/q+2. The van der Waals surface area contributed by atoms with Crippen molar-refractivity contribution in [1.82, 2.24) is 9.13 Å².